The summed E-state index contributed by atoms with van der Waals surface area (Å²) >= 11 is 0. The maximum Gasteiger partial charge on any atom is 0.186 e. The molecule has 4 aromatic rings. The zero-order valence-electron chi connectivity index (χ0n) is 28.3. The molecule has 0 bridgehead atoms. The van der Waals surface area contributed by atoms with Crippen molar-refractivity contribution in [2.75, 3.05) is 20.3 Å². The van der Waals surface area contributed by atoms with E-state index in [9.17, 15) is 5.11 Å². The van der Waals surface area contributed by atoms with Gasteiger partial charge in [-0.25, -0.2) is 0 Å². The van der Waals surface area contributed by atoms with Crippen molar-refractivity contribution >= 4 is 0 Å². The molecule has 264 valence electrons. The van der Waals surface area contributed by atoms with Gasteiger partial charge in [0.05, 0.1) is 39.6 Å². The molecule has 50 heavy (non-hydrogen) atoms. The summed E-state index contributed by atoms with van der Waals surface area (Å²) in [7, 11) is 1.59. The molecule has 6 rings (SSSR count). The lowest BCUT2D eigenvalue weighted by molar-refractivity contribution is -0.327. The van der Waals surface area contributed by atoms with Crippen LogP contribution in [-0.4, -0.2) is 74.6 Å². The van der Waals surface area contributed by atoms with Crippen LogP contribution in [0.3, 0.4) is 0 Å². The van der Waals surface area contributed by atoms with Crippen LogP contribution in [0.15, 0.2) is 133 Å². The highest BCUT2D eigenvalue weighted by molar-refractivity contribution is 5.16. The summed E-state index contributed by atoms with van der Waals surface area (Å²) in [5, 5.41) is 10.6. The highest BCUT2D eigenvalue weighted by Crippen LogP contribution is 2.31. The second-order valence-corrected chi connectivity index (χ2v) is 12.3. The van der Waals surface area contributed by atoms with Gasteiger partial charge in [-0.3, -0.25) is 0 Å². The highest BCUT2D eigenvalue weighted by Gasteiger charge is 2.49. The van der Waals surface area contributed by atoms with E-state index in [1.54, 1.807) is 19.3 Å². The zero-order valence-corrected chi connectivity index (χ0v) is 28.3. The molecule has 0 unspecified atom stereocenters. The van der Waals surface area contributed by atoms with Gasteiger partial charge in [0.2, 0.25) is 0 Å². The first-order valence-corrected chi connectivity index (χ1v) is 17.1. The molecule has 0 aromatic heterocycles. The molecule has 1 fully saturated rings. The summed E-state index contributed by atoms with van der Waals surface area (Å²) in [4.78, 5) is 0. The van der Waals surface area contributed by atoms with Crippen molar-refractivity contribution in [3.63, 3.8) is 0 Å². The Balaban J connectivity index is 1.18. The topological polar surface area (TPSA) is 94.1 Å². The number of hydrogen-bond acceptors (Lipinski definition) is 9. The van der Waals surface area contributed by atoms with Crippen molar-refractivity contribution in [2.24, 2.45) is 0 Å². The number of methoxy groups -OCH3 is 1. The lowest BCUT2D eigenvalue weighted by atomic mass is 9.97. The Labute approximate surface area is 294 Å². The summed E-state index contributed by atoms with van der Waals surface area (Å²) in [6.07, 6.45) is -1.98. The third-order valence-electron chi connectivity index (χ3n) is 8.65. The quantitative estimate of drug-likeness (QED) is 0.135. The molecular weight excluding hydrogens is 636 g/mol. The summed E-state index contributed by atoms with van der Waals surface area (Å²) in [5.74, 6) is 0. The van der Waals surface area contributed by atoms with Crippen LogP contribution in [0.2, 0.25) is 0 Å². The molecule has 2 aliphatic heterocycles. The number of hydrogen-bond donors (Lipinski definition) is 1. The van der Waals surface area contributed by atoms with Crippen LogP contribution in [0.1, 0.15) is 22.3 Å². The van der Waals surface area contributed by atoms with Gasteiger partial charge in [-0.05, 0) is 28.3 Å². The van der Waals surface area contributed by atoms with Crippen LogP contribution >= 0.6 is 0 Å². The molecule has 0 spiro atoms. The molecule has 2 heterocycles. The maximum absolute atomic E-state index is 10.6. The van der Waals surface area contributed by atoms with E-state index in [2.05, 4.69) is 0 Å². The second-order valence-electron chi connectivity index (χ2n) is 12.3. The van der Waals surface area contributed by atoms with E-state index in [0.29, 0.717) is 26.4 Å². The number of ether oxygens (including phenoxy) is 8. The van der Waals surface area contributed by atoms with Crippen LogP contribution in [0.4, 0.5) is 0 Å². The van der Waals surface area contributed by atoms with Crippen molar-refractivity contribution in [2.45, 2.75) is 75.6 Å². The zero-order chi connectivity index (χ0) is 34.4. The Kier molecular flexibility index (Phi) is 13.7. The van der Waals surface area contributed by atoms with Gasteiger partial charge >= 0.3 is 0 Å². The molecule has 1 N–H and O–H groups in total. The number of aliphatic hydroxyl groups is 1. The van der Waals surface area contributed by atoms with Gasteiger partial charge in [-0.2, -0.15) is 0 Å². The molecule has 0 saturated carbocycles. The van der Waals surface area contributed by atoms with E-state index < -0.39 is 49.2 Å². The summed E-state index contributed by atoms with van der Waals surface area (Å²) in [5.41, 5.74) is 4.08. The molecule has 4 aromatic carbocycles. The fraction of sp³-hybridized carbons (Fsp3) is 0.366. The van der Waals surface area contributed by atoms with Crippen molar-refractivity contribution in [1.82, 2.24) is 0 Å². The lowest BCUT2D eigenvalue weighted by Crippen LogP contribution is -2.61. The average molecular weight is 683 g/mol. The monoisotopic (exact) mass is 682 g/mol. The highest BCUT2D eigenvalue weighted by atomic mass is 16.7. The van der Waals surface area contributed by atoms with E-state index in [-0.39, 0.29) is 13.2 Å². The number of aliphatic hydroxyl groups excluding tert-OH is 1. The maximum atomic E-state index is 10.6. The minimum Gasteiger partial charge on any atom is -0.386 e. The minimum absolute atomic E-state index is 0.0958. The van der Waals surface area contributed by atoms with Gasteiger partial charge in [0.25, 0.3) is 0 Å². The smallest absolute Gasteiger partial charge is 0.186 e. The Morgan fingerprint density at radius 2 is 0.980 bits per heavy atom. The molecule has 9 heteroatoms. The van der Waals surface area contributed by atoms with Crippen LogP contribution in [-0.2, 0) is 64.3 Å². The third kappa shape index (κ3) is 10.4. The summed E-state index contributed by atoms with van der Waals surface area (Å²) < 4.78 is 50.5. The number of rotatable bonds is 17. The predicted octanol–water partition coefficient (Wildman–Crippen LogP) is 5.99. The fourth-order valence-electron chi connectivity index (χ4n) is 5.99. The van der Waals surface area contributed by atoms with E-state index >= 15 is 0 Å². The Morgan fingerprint density at radius 3 is 1.50 bits per heavy atom. The minimum atomic E-state index is -0.824. The van der Waals surface area contributed by atoms with E-state index in [1.165, 1.54) is 0 Å². The van der Waals surface area contributed by atoms with Gasteiger partial charge in [-0.1, -0.05) is 127 Å². The molecule has 0 amide bonds. The van der Waals surface area contributed by atoms with Gasteiger partial charge in [0, 0.05) is 7.11 Å². The molecular formula is C41H46O9. The Hall–Kier alpha value is -3.74. The predicted molar refractivity (Wildman–Crippen MR) is 187 cm³/mol. The Morgan fingerprint density at radius 1 is 0.500 bits per heavy atom. The van der Waals surface area contributed by atoms with Crippen molar-refractivity contribution in [1.29, 1.82) is 0 Å². The standard InChI is InChI=1S/C41H46O9/c1-43-41-40(48-27-33-20-12-5-13-21-33)39(47-26-32-18-10-4-11-19-32)38(46-25-31-16-8-3-9-17-31)36(50-41)29-45-37-23-22-34(42)35(49-37)28-44-24-30-14-6-2-7-15-30/h2-23,34-42H,24-29H2,1H3/t34-,35+,36+,37-,38+,39-,40+,41-/m0/s1. The van der Waals surface area contributed by atoms with Crippen LogP contribution < -0.4 is 0 Å². The van der Waals surface area contributed by atoms with Crippen molar-refractivity contribution in [3.8, 4) is 0 Å². The first kappa shape index (κ1) is 36.1. The van der Waals surface area contributed by atoms with E-state index in [0.717, 1.165) is 22.3 Å². The van der Waals surface area contributed by atoms with Gasteiger partial charge < -0.3 is 43.0 Å². The molecule has 0 aliphatic carbocycles. The van der Waals surface area contributed by atoms with Crippen molar-refractivity contribution in [3.05, 3.63) is 156 Å². The molecule has 8 atom stereocenters. The van der Waals surface area contributed by atoms with Crippen LogP contribution in [0.5, 0.6) is 0 Å². The SMILES string of the molecule is CO[C@H]1O[C@H](CO[C@@H]2C=C[C@H](O)[C@@H](COCc3ccccc3)O2)[C@@H](OCc2ccccc2)[C@H](OCc2ccccc2)[C@H]1OCc1ccccc1. The van der Waals surface area contributed by atoms with Gasteiger partial charge in [-0.15, -0.1) is 0 Å². The molecule has 9 nitrogen and oxygen atoms in total. The molecule has 0 radical (unpaired) electrons. The first-order chi connectivity index (χ1) is 24.7. The fourth-order valence-corrected chi connectivity index (χ4v) is 5.99. The van der Waals surface area contributed by atoms with Crippen molar-refractivity contribution < 1.29 is 43.0 Å². The van der Waals surface area contributed by atoms with Crippen LogP contribution in [0.25, 0.3) is 0 Å². The lowest BCUT2D eigenvalue weighted by Gasteiger charge is -2.45. The average Bonchev–Trinajstić information content (AvgIpc) is 3.17. The van der Waals surface area contributed by atoms with E-state index in [4.69, 9.17) is 37.9 Å². The number of benzene rings is 4. The summed E-state index contributed by atoms with van der Waals surface area (Å²) in [6.45, 7) is 1.71. The molecule has 1 saturated heterocycles. The van der Waals surface area contributed by atoms with Crippen LogP contribution in [0, 0.1) is 0 Å². The van der Waals surface area contributed by atoms with Gasteiger partial charge in [0.1, 0.15) is 36.6 Å². The van der Waals surface area contributed by atoms with E-state index in [1.807, 2.05) is 121 Å². The van der Waals surface area contributed by atoms with Gasteiger partial charge in [0.15, 0.2) is 12.6 Å². The Bertz CT molecular complexity index is 1540. The third-order valence-corrected chi connectivity index (χ3v) is 8.65. The second kappa shape index (κ2) is 19.0. The summed E-state index contributed by atoms with van der Waals surface area (Å²) in [6, 6.07) is 39.8. The normalized spacial score (nSPS) is 26.5. The molecule has 2 aliphatic rings. The first-order valence-electron chi connectivity index (χ1n) is 17.1. The largest absolute Gasteiger partial charge is 0.386 e.